The predicted octanol–water partition coefficient (Wildman–Crippen LogP) is 2.63. The Kier molecular flexibility index (Phi) is 4.64. The molecule has 8 nitrogen and oxygen atoms in total. The quantitative estimate of drug-likeness (QED) is 0.684. The Hall–Kier alpha value is -3.03. The molecule has 2 heterocycles. The number of nitrogens with zero attached hydrogens (tertiary/aromatic N) is 4. The van der Waals surface area contributed by atoms with Crippen molar-refractivity contribution in [1.29, 1.82) is 0 Å². The molecule has 1 fully saturated rings. The first-order valence-corrected chi connectivity index (χ1v) is 7.76. The van der Waals surface area contributed by atoms with Gasteiger partial charge < -0.3 is 10.2 Å². The molecule has 0 saturated carbocycles. The molecule has 1 aromatic carbocycles. The maximum Gasteiger partial charge on any atom is 0.269 e. The Morgan fingerprint density at radius 2 is 1.71 bits per heavy atom. The second kappa shape index (κ2) is 7.03. The van der Waals surface area contributed by atoms with E-state index in [0.29, 0.717) is 17.2 Å². The summed E-state index contributed by atoms with van der Waals surface area (Å²) in [5.74, 6) is 0.308. The Bertz CT molecular complexity index is 724. The van der Waals surface area contributed by atoms with Crippen molar-refractivity contribution in [2.75, 3.05) is 23.3 Å². The van der Waals surface area contributed by atoms with E-state index in [2.05, 4.69) is 20.2 Å². The van der Waals surface area contributed by atoms with Crippen LogP contribution >= 0.6 is 0 Å². The van der Waals surface area contributed by atoms with Gasteiger partial charge in [0.15, 0.2) is 0 Å². The van der Waals surface area contributed by atoms with Gasteiger partial charge in [0, 0.05) is 30.8 Å². The van der Waals surface area contributed by atoms with Gasteiger partial charge in [-0.25, -0.2) is 9.97 Å². The number of hydrogen-bond acceptors (Lipinski definition) is 6. The van der Waals surface area contributed by atoms with Gasteiger partial charge in [-0.1, -0.05) is 0 Å². The minimum absolute atomic E-state index is 0.0548. The fourth-order valence-electron chi connectivity index (χ4n) is 2.58. The number of nitro groups is 1. The minimum Gasteiger partial charge on any atom is -0.341 e. The number of anilines is 2. The van der Waals surface area contributed by atoms with E-state index in [1.807, 2.05) is 0 Å². The molecule has 1 aliphatic heterocycles. The Morgan fingerprint density at radius 1 is 1.08 bits per heavy atom. The van der Waals surface area contributed by atoms with Crippen LogP contribution in [0.15, 0.2) is 36.7 Å². The van der Waals surface area contributed by atoms with E-state index >= 15 is 0 Å². The van der Waals surface area contributed by atoms with E-state index in [0.717, 1.165) is 25.9 Å². The van der Waals surface area contributed by atoms with Crippen molar-refractivity contribution in [2.24, 2.45) is 0 Å². The standard InChI is InChI=1S/C16H17N5O3/c22-15(12-4-6-14(7-5-12)21(23)24)19-13-10-17-16(18-11-13)20-8-2-1-3-9-20/h4-7,10-11H,1-3,8-9H2,(H,19,22). The van der Waals surface area contributed by atoms with E-state index < -0.39 is 4.92 Å². The molecular formula is C16H17N5O3. The number of nitrogens with one attached hydrogen (secondary N) is 1. The zero-order valence-corrected chi connectivity index (χ0v) is 13.0. The maximum absolute atomic E-state index is 12.1. The highest BCUT2D eigenvalue weighted by Crippen LogP contribution is 2.17. The summed E-state index contributed by atoms with van der Waals surface area (Å²) in [6, 6.07) is 5.42. The number of carbonyl (C=O) groups excluding carboxylic acids is 1. The fourth-order valence-corrected chi connectivity index (χ4v) is 2.58. The number of carbonyl (C=O) groups is 1. The molecule has 0 spiro atoms. The van der Waals surface area contributed by atoms with Crippen LogP contribution in [-0.4, -0.2) is 33.9 Å². The van der Waals surface area contributed by atoms with Crippen molar-refractivity contribution < 1.29 is 9.72 Å². The summed E-state index contributed by atoms with van der Waals surface area (Å²) in [4.78, 5) is 33.0. The third-order valence-electron chi connectivity index (χ3n) is 3.88. The minimum atomic E-state index is -0.505. The number of hydrogen-bond donors (Lipinski definition) is 1. The second-order valence-corrected chi connectivity index (χ2v) is 5.58. The van der Waals surface area contributed by atoms with E-state index in [1.54, 1.807) is 12.4 Å². The Morgan fingerprint density at radius 3 is 2.29 bits per heavy atom. The van der Waals surface area contributed by atoms with E-state index in [-0.39, 0.29) is 11.6 Å². The molecule has 8 heteroatoms. The van der Waals surface area contributed by atoms with Gasteiger partial charge in [0.1, 0.15) is 0 Å². The molecular weight excluding hydrogens is 310 g/mol. The van der Waals surface area contributed by atoms with Crippen LogP contribution in [0.3, 0.4) is 0 Å². The van der Waals surface area contributed by atoms with Crippen molar-refractivity contribution in [3.63, 3.8) is 0 Å². The lowest BCUT2D eigenvalue weighted by molar-refractivity contribution is -0.384. The van der Waals surface area contributed by atoms with E-state index in [1.165, 1.54) is 30.7 Å². The molecule has 0 atom stereocenters. The van der Waals surface area contributed by atoms with Crippen molar-refractivity contribution >= 4 is 23.2 Å². The van der Waals surface area contributed by atoms with Crippen LogP contribution in [0.5, 0.6) is 0 Å². The van der Waals surface area contributed by atoms with Crippen LogP contribution in [0.2, 0.25) is 0 Å². The average Bonchev–Trinajstić information content (AvgIpc) is 2.63. The van der Waals surface area contributed by atoms with Crippen LogP contribution in [0.25, 0.3) is 0 Å². The molecule has 24 heavy (non-hydrogen) atoms. The SMILES string of the molecule is O=C(Nc1cnc(N2CCCCC2)nc1)c1ccc([N+](=O)[O-])cc1. The summed E-state index contributed by atoms with van der Waals surface area (Å²) in [7, 11) is 0. The van der Waals surface area contributed by atoms with Crippen LogP contribution in [-0.2, 0) is 0 Å². The Balaban J connectivity index is 1.64. The molecule has 0 unspecified atom stereocenters. The summed E-state index contributed by atoms with van der Waals surface area (Å²) >= 11 is 0. The molecule has 124 valence electrons. The second-order valence-electron chi connectivity index (χ2n) is 5.58. The first kappa shape index (κ1) is 15.9. The third kappa shape index (κ3) is 3.65. The molecule has 0 aliphatic carbocycles. The van der Waals surface area contributed by atoms with Gasteiger partial charge in [-0.05, 0) is 31.4 Å². The topological polar surface area (TPSA) is 101 Å². The summed E-state index contributed by atoms with van der Waals surface area (Å²) in [5.41, 5.74) is 0.764. The first-order valence-electron chi connectivity index (χ1n) is 7.76. The molecule has 1 aliphatic rings. The largest absolute Gasteiger partial charge is 0.341 e. The predicted molar refractivity (Wildman–Crippen MR) is 89.1 cm³/mol. The molecule has 1 N–H and O–H groups in total. The zero-order valence-electron chi connectivity index (χ0n) is 13.0. The first-order chi connectivity index (χ1) is 11.6. The van der Waals surface area contributed by atoms with Gasteiger partial charge in [-0.15, -0.1) is 0 Å². The summed E-state index contributed by atoms with van der Waals surface area (Å²) in [5, 5.41) is 13.3. The van der Waals surface area contributed by atoms with Gasteiger partial charge in [0.2, 0.25) is 5.95 Å². The van der Waals surface area contributed by atoms with Gasteiger partial charge in [-0.2, -0.15) is 0 Å². The number of rotatable bonds is 4. The summed E-state index contributed by atoms with van der Waals surface area (Å²) < 4.78 is 0. The lowest BCUT2D eigenvalue weighted by atomic mass is 10.1. The maximum atomic E-state index is 12.1. The van der Waals surface area contributed by atoms with Gasteiger partial charge in [0.25, 0.3) is 11.6 Å². The van der Waals surface area contributed by atoms with Crippen LogP contribution in [0, 0.1) is 10.1 Å². The van der Waals surface area contributed by atoms with Crippen LogP contribution < -0.4 is 10.2 Å². The fraction of sp³-hybridized carbons (Fsp3) is 0.312. The molecule has 1 amide bonds. The molecule has 0 bridgehead atoms. The summed E-state index contributed by atoms with van der Waals surface area (Å²) in [6.07, 6.45) is 6.66. The number of aromatic nitrogens is 2. The van der Waals surface area contributed by atoms with Gasteiger partial charge in [0.05, 0.1) is 23.0 Å². The Labute approximate surface area is 138 Å². The normalized spacial score (nSPS) is 14.2. The number of piperidine rings is 1. The third-order valence-corrected chi connectivity index (χ3v) is 3.88. The van der Waals surface area contributed by atoms with Gasteiger partial charge in [-0.3, -0.25) is 14.9 Å². The van der Waals surface area contributed by atoms with Crippen molar-refractivity contribution in [1.82, 2.24) is 9.97 Å². The van der Waals surface area contributed by atoms with E-state index in [4.69, 9.17) is 0 Å². The van der Waals surface area contributed by atoms with Crippen LogP contribution in [0.4, 0.5) is 17.3 Å². The number of nitro benzene ring substituents is 1. The van der Waals surface area contributed by atoms with Crippen molar-refractivity contribution in [3.8, 4) is 0 Å². The molecule has 1 saturated heterocycles. The van der Waals surface area contributed by atoms with Crippen molar-refractivity contribution in [3.05, 3.63) is 52.3 Å². The molecule has 0 radical (unpaired) electrons. The highest BCUT2D eigenvalue weighted by molar-refractivity contribution is 6.04. The van der Waals surface area contributed by atoms with E-state index in [9.17, 15) is 14.9 Å². The monoisotopic (exact) mass is 327 g/mol. The molecule has 3 rings (SSSR count). The lowest BCUT2D eigenvalue weighted by Gasteiger charge is -2.26. The molecule has 2 aromatic rings. The lowest BCUT2D eigenvalue weighted by Crippen LogP contribution is -2.30. The van der Waals surface area contributed by atoms with Crippen LogP contribution in [0.1, 0.15) is 29.6 Å². The highest BCUT2D eigenvalue weighted by atomic mass is 16.6. The number of benzene rings is 1. The molecule has 1 aromatic heterocycles. The zero-order chi connectivity index (χ0) is 16.9. The average molecular weight is 327 g/mol. The van der Waals surface area contributed by atoms with Crippen molar-refractivity contribution in [2.45, 2.75) is 19.3 Å². The number of amides is 1. The smallest absolute Gasteiger partial charge is 0.269 e. The summed E-state index contributed by atoms with van der Waals surface area (Å²) in [6.45, 7) is 1.91. The van der Waals surface area contributed by atoms with Gasteiger partial charge >= 0.3 is 0 Å². The highest BCUT2D eigenvalue weighted by Gasteiger charge is 2.14. The number of non-ortho nitro benzene ring substituents is 1.